The molecule has 5 heteroatoms. The van der Waals surface area contributed by atoms with Crippen molar-refractivity contribution in [2.45, 2.75) is 38.2 Å². The lowest BCUT2D eigenvalue weighted by Crippen LogP contribution is -2.40. The number of rotatable bonds is 8. The molecule has 3 rings (SSSR count). The van der Waals surface area contributed by atoms with Gasteiger partial charge in [0, 0.05) is 13.1 Å². The van der Waals surface area contributed by atoms with Crippen molar-refractivity contribution in [1.82, 2.24) is 10.2 Å². The molecule has 1 fully saturated rings. The van der Waals surface area contributed by atoms with Crippen molar-refractivity contribution in [3.8, 4) is 5.75 Å². The van der Waals surface area contributed by atoms with E-state index in [9.17, 15) is 9.90 Å². The highest BCUT2D eigenvalue weighted by atomic mass is 16.5. The summed E-state index contributed by atoms with van der Waals surface area (Å²) in [6.45, 7) is 4.86. The van der Waals surface area contributed by atoms with Crippen LogP contribution in [0.25, 0.3) is 0 Å². The average molecular weight is 397 g/mol. The molecule has 1 aliphatic heterocycles. The molecule has 2 aromatic carbocycles. The monoisotopic (exact) mass is 396 g/mol. The summed E-state index contributed by atoms with van der Waals surface area (Å²) in [5, 5.41) is 13.9. The number of nitrogens with zero attached hydrogens (tertiary/aromatic N) is 1. The number of nitrogens with one attached hydrogen (secondary N) is 1. The van der Waals surface area contributed by atoms with Gasteiger partial charge in [0.05, 0.1) is 12.1 Å². The number of aryl methyl sites for hydroxylation is 1. The van der Waals surface area contributed by atoms with Gasteiger partial charge in [-0.25, -0.2) is 0 Å². The largest absolute Gasteiger partial charge is 0.491 e. The number of carbonyl (C=O) groups excluding carboxylic acids is 1. The molecule has 0 bridgehead atoms. The molecule has 1 heterocycles. The predicted octanol–water partition coefficient (Wildman–Crippen LogP) is 2.95. The number of benzene rings is 2. The second kappa shape index (κ2) is 10.4. The van der Waals surface area contributed by atoms with Crippen molar-refractivity contribution < 1.29 is 14.6 Å². The van der Waals surface area contributed by atoms with Crippen molar-refractivity contribution >= 4 is 5.91 Å². The maximum atomic E-state index is 12.3. The van der Waals surface area contributed by atoms with Gasteiger partial charge in [0.1, 0.15) is 12.4 Å². The molecule has 1 aliphatic rings. The van der Waals surface area contributed by atoms with E-state index in [2.05, 4.69) is 22.3 Å². The molecule has 1 atom stereocenters. The van der Waals surface area contributed by atoms with Crippen molar-refractivity contribution in [2.24, 2.45) is 0 Å². The Morgan fingerprint density at radius 1 is 1.10 bits per heavy atom. The lowest BCUT2D eigenvalue weighted by atomic mass is 9.96. The fourth-order valence-corrected chi connectivity index (χ4v) is 3.64. The third-order valence-corrected chi connectivity index (χ3v) is 5.48. The second-order valence-electron chi connectivity index (χ2n) is 8.04. The Balaban J connectivity index is 1.39. The molecule has 2 aromatic rings. The fourth-order valence-electron chi connectivity index (χ4n) is 3.64. The van der Waals surface area contributed by atoms with Crippen LogP contribution in [-0.2, 0) is 11.2 Å². The topological polar surface area (TPSA) is 61.8 Å². The molecule has 0 aliphatic carbocycles. The van der Waals surface area contributed by atoms with Crippen LogP contribution in [-0.4, -0.2) is 54.3 Å². The van der Waals surface area contributed by atoms with Crippen LogP contribution in [0.5, 0.6) is 5.75 Å². The zero-order valence-electron chi connectivity index (χ0n) is 17.3. The van der Waals surface area contributed by atoms with Crippen molar-refractivity contribution in [3.63, 3.8) is 0 Å². The Morgan fingerprint density at radius 3 is 2.62 bits per heavy atom. The molecular weight excluding hydrogens is 364 g/mol. The zero-order chi connectivity index (χ0) is 20.5. The number of ether oxygens (including phenoxy) is 1. The van der Waals surface area contributed by atoms with Gasteiger partial charge in [-0.15, -0.1) is 0 Å². The summed E-state index contributed by atoms with van der Waals surface area (Å²) in [5.41, 5.74) is 1.56. The van der Waals surface area contributed by atoms with Gasteiger partial charge in [-0.2, -0.15) is 0 Å². The van der Waals surface area contributed by atoms with Gasteiger partial charge in [-0.1, -0.05) is 48.0 Å². The van der Waals surface area contributed by atoms with Crippen LogP contribution in [0.3, 0.4) is 0 Å². The van der Waals surface area contributed by atoms with E-state index < -0.39 is 5.60 Å². The third-order valence-electron chi connectivity index (χ3n) is 5.48. The summed E-state index contributed by atoms with van der Waals surface area (Å²) in [6, 6.07) is 18.0. The van der Waals surface area contributed by atoms with Crippen molar-refractivity contribution in [2.75, 3.05) is 32.8 Å². The maximum Gasteiger partial charge on any atom is 0.234 e. The molecular formula is C24H32N2O3. The highest BCUT2D eigenvalue weighted by molar-refractivity contribution is 5.78. The Labute approximate surface area is 173 Å². The molecule has 0 saturated carbocycles. The fraction of sp³-hybridized carbons (Fsp3) is 0.458. The average Bonchev–Trinajstić information content (AvgIpc) is 2.90. The molecule has 29 heavy (non-hydrogen) atoms. The number of amides is 1. The van der Waals surface area contributed by atoms with Crippen LogP contribution < -0.4 is 10.1 Å². The molecule has 5 nitrogen and oxygen atoms in total. The van der Waals surface area contributed by atoms with E-state index in [0.29, 0.717) is 32.5 Å². The Morgan fingerprint density at radius 2 is 1.86 bits per heavy atom. The Hall–Kier alpha value is -2.37. The van der Waals surface area contributed by atoms with Crippen LogP contribution in [0.4, 0.5) is 0 Å². The SMILES string of the molecule is Cc1ccc(OC[C@@]2(O)CCCN(CC(=O)NCCc3ccccc3)CC2)cc1. The Bertz CT molecular complexity index is 763. The van der Waals surface area contributed by atoms with E-state index >= 15 is 0 Å². The number of hydrogen-bond donors (Lipinski definition) is 2. The van der Waals surface area contributed by atoms with Gasteiger partial charge in [0.15, 0.2) is 0 Å². The molecule has 0 radical (unpaired) electrons. The summed E-state index contributed by atoms with van der Waals surface area (Å²) in [5.74, 6) is 0.824. The predicted molar refractivity (Wildman–Crippen MR) is 115 cm³/mol. The zero-order valence-corrected chi connectivity index (χ0v) is 17.3. The van der Waals surface area contributed by atoms with Gasteiger partial charge in [0.2, 0.25) is 5.91 Å². The van der Waals surface area contributed by atoms with E-state index in [-0.39, 0.29) is 12.5 Å². The maximum absolute atomic E-state index is 12.3. The molecule has 1 amide bonds. The van der Waals surface area contributed by atoms with Gasteiger partial charge >= 0.3 is 0 Å². The first kappa shape index (κ1) is 21.3. The molecule has 1 saturated heterocycles. The minimum absolute atomic E-state index is 0.0438. The van der Waals surface area contributed by atoms with Crippen molar-refractivity contribution in [1.29, 1.82) is 0 Å². The van der Waals surface area contributed by atoms with Gasteiger partial charge in [-0.05, 0) is 56.8 Å². The summed E-state index contributed by atoms with van der Waals surface area (Å²) < 4.78 is 5.82. The summed E-state index contributed by atoms with van der Waals surface area (Å²) >= 11 is 0. The minimum atomic E-state index is -0.844. The lowest BCUT2D eigenvalue weighted by Gasteiger charge is -2.27. The smallest absolute Gasteiger partial charge is 0.234 e. The quantitative estimate of drug-likeness (QED) is 0.720. The third kappa shape index (κ3) is 7.18. The Kier molecular flexibility index (Phi) is 7.67. The molecule has 0 aromatic heterocycles. The van der Waals surface area contributed by atoms with E-state index in [1.165, 1.54) is 11.1 Å². The van der Waals surface area contributed by atoms with Crippen LogP contribution >= 0.6 is 0 Å². The normalized spacial score (nSPS) is 20.1. The van der Waals surface area contributed by atoms with Crippen LogP contribution in [0.2, 0.25) is 0 Å². The molecule has 0 unspecified atom stereocenters. The van der Waals surface area contributed by atoms with Gasteiger partial charge in [0.25, 0.3) is 0 Å². The first-order chi connectivity index (χ1) is 14.0. The minimum Gasteiger partial charge on any atom is -0.491 e. The molecule has 2 N–H and O–H groups in total. The van der Waals surface area contributed by atoms with Crippen LogP contribution in [0.1, 0.15) is 30.4 Å². The number of aliphatic hydroxyl groups is 1. The van der Waals surface area contributed by atoms with Gasteiger partial charge < -0.3 is 15.2 Å². The van der Waals surface area contributed by atoms with Crippen LogP contribution in [0.15, 0.2) is 54.6 Å². The van der Waals surface area contributed by atoms with E-state index in [1.54, 1.807) is 0 Å². The van der Waals surface area contributed by atoms with E-state index in [0.717, 1.165) is 25.1 Å². The lowest BCUT2D eigenvalue weighted by molar-refractivity contribution is -0.122. The first-order valence-corrected chi connectivity index (χ1v) is 10.5. The molecule has 0 spiro atoms. The second-order valence-corrected chi connectivity index (χ2v) is 8.04. The summed E-state index contributed by atoms with van der Waals surface area (Å²) in [6.07, 6.45) is 2.98. The summed E-state index contributed by atoms with van der Waals surface area (Å²) in [4.78, 5) is 14.4. The highest BCUT2D eigenvalue weighted by Gasteiger charge is 2.31. The number of carbonyl (C=O) groups is 1. The highest BCUT2D eigenvalue weighted by Crippen LogP contribution is 2.24. The van der Waals surface area contributed by atoms with Gasteiger partial charge in [-0.3, -0.25) is 9.69 Å². The first-order valence-electron chi connectivity index (χ1n) is 10.5. The summed E-state index contributed by atoms with van der Waals surface area (Å²) in [7, 11) is 0. The van der Waals surface area contributed by atoms with Crippen molar-refractivity contribution in [3.05, 3.63) is 65.7 Å². The molecule has 156 valence electrons. The van der Waals surface area contributed by atoms with E-state index in [4.69, 9.17) is 4.74 Å². The van der Waals surface area contributed by atoms with Crippen LogP contribution in [0, 0.1) is 6.92 Å². The number of hydrogen-bond acceptors (Lipinski definition) is 4. The number of likely N-dealkylation sites (tertiary alicyclic amines) is 1. The standard InChI is InChI=1S/C24H32N2O3/c1-20-8-10-22(11-9-20)29-19-24(28)13-5-16-26(17-14-24)18-23(27)25-15-12-21-6-3-2-4-7-21/h2-4,6-11,28H,5,12-19H2,1H3,(H,25,27)/t24-/m1/s1. The van der Waals surface area contributed by atoms with E-state index in [1.807, 2.05) is 49.4 Å².